The Hall–Kier alpha value is -2.87. The molecule has 2 heterocycles. The third-order valence-corrected chi connectivity index (χ3v) is 4.10. The zero-order valence-corrected chi connectivity index (χ0v) is 14.3. The number of carbonyl (C=O) groups is 1. The number of hydrogen-bond donors (Lipinski definition) is 0. The molecular formula is C20H14LiN3O2. The number of aromatic carboxylic acids is 1. The molecule has 0 unspecified atom stereocenters. The van der Waals surface area contributed by atoms with Crippen molar-refractivity contribution in [2.24, 2.45) is 0 Å². The Balaban J connectivity index is 0.00000196. The summed E-state index contributed by atoms with van der Waals surface area (Å²) in [5, 5.41) is 16.4. The van der Waals surface area contributed by atoms with Crippen molar-refractivity contribution in [3.05, 3.63) is 89.9 Å². The van der Waals surface area contributed by atoms with E-state index in [0.29, 0.717) is 11.9 Å². The minimum Gasteiger partial charge on any atom is -0.545 e. The number of fused-ring (bicyclic) bond motifs is 1. The molecule has 0 aliphatic carbocycles. The molecular weight excluding hydrogens is 321 g/mol. The SMILES string of the molecule is O=C([O-])c1cc(Cc2ccc(-n3cccn3)cc2)cc2cccnc12.[Li+]. The summed E-state index contributed by atoms with van der Waals surface area (Å²) < 4.78 is 1.79. The summed E-state index contributed by atoms with van der Waals surface area (Å²) in [6.07, 6.45) is 5.84. The molecule has 0 spiro atoms. The van der Waals surface area contributed by atoms with Crippen LogP contribution in [0.3, 0.4) is 0 Å². The van der Waals surface area contributed by atoms with Gasteiger partial charge in [0.25, 0.3) is 0 Å². The van der Waals surface area contributed by atoms with Gasteiger partial charge in [0.1, 0.15) is 0 Å². The zero-order valence-electron chi connectivity index (χ0n) is 14.3. The molecule has 0 aliphatic rings. The Morgan fingerprint density at radius 3 is 2.50 bits per heavy atom. The van der Waals surface area contributed by atoms with Crippen LogP contribution in [0.15, 0.2) is 73.2 Å². The average molecular weight is 335 g/mol. The van der Waals surface area contributed by atoms with E-state index in [9.17, 15) is 9.90 Å². The molecule has 2 aromatic heterocycles. The van der Waals surface area contributed by atoms with Crippen molar-refractivity contribution in [3.8, 4) is 5.69 Å². The normalized spacial score (nSPS) is 10.5. The maximum Gasteiger partial charge on any atom is 1.00 e. The van der Waals surface area contributed by atoms with Gasteiger partial charge in [-0.25, -0.2) is 4.68 Å². The maximum absolute atomic E-state index is 11.4. The van der Waals surface area contributed by atoms with Crippen LogP contribution in [0.1, 0.15) is 21.5 Å². The predicted octanol–water partition coefficient (Wildman–Crippen LogP) is -0.621. The van der Waals surface area contributed by atoms with Gasteiger partial charge >= 0.3 is 18.9 Å². The second-order valence-corrected chi connectivity index (χ2v) is 5.80. The number of nitrogens with zero attached hydrogens (tertiary/aromatic N) is 3. The fourth-order valence-corrected chi connectivity index (χ4v) is 2.94. The Morgan fingerprint density at radius 1 is 1.00 bits per heavy atom. The summed E-state index contributed by atoms with van der Waals surface area (Å²) in [6, 6.07) is 17.2. The van der Waals surface area contributed by atoms with E-state index in [4.69, 9.17) is 0 Å². The van der Waals surface area contributed by atoms with Crippen LogP contribution in [0, 0.1) is 0 Å². The van der Waals surface area contributed by atoms with Crippen molar-refractivity contribution in [2.75, 3.05) is 0 Å². The van der Waals surface area contributed by atoms with Gasteiger partial charge in [0.15, 0.2) is 0 Å². The van der Waals surface area contributed by atoms with E-state index in [2.05, 4.69) is 10.1 Å². The van der Waals surface area contributed by atoms with Crippen LogP contribution in [0.4, 0.5) is 0 Å². The molecule has 4 aromatic rings. The molecule has 5 nitrogen and oxygen atoms in total. The Labute approximate surface area is 162 Å². The number of benzene rings is 2. The summed E-state index contributed by atoms with van der Waals surface area (Å²) >= 11 is 0. The van der Waals surface area contributed by atoms with Crippen LogP contribution in [0.5, 0.6) is 0 Å². The van der Waals surface area contributed by atoms with Crippen LogP contribution in [-0.2, 0) is 6.42 Å². The van der Waals surface area contributed by atoms with Gasteiger partial charge in [-0.2, -0.15) is 5.10 Å². The van der Waals surface area contributed by atoms with Crippen LogP contribution in [0.25, 0.3) is 16.6 Å². The third kappa shape index (κ3) is 3.55. The second kappa shape index (κ2) is 7.57. The number of carboxylic acids is 1. The molecule has 122 valence electrons. The van der Waals surface area contributed by atoms with E-state index >= 15 is 0 Å². The van der Waals surface area contributed by atoms with E-state index < -0.39 is 5.97 Å². The van der Waals surface area contributed by atoms with E-state index in [0.717, 1.165) is 22.2 Å². The number of carboxylic acid groups (broad SMARTS) is 1. The quantitative estimate of drug-likeness (QED) is 0.466. The Morgan fingerprint density at radius 2 is 1.81 bits per heavy atom. The average Bonchev–Trinajstić information content (AvgIpc) is 3.16. The molecule has 0 radical (unpaired) electrons. The van der Waals surface area contributed by atoms with Crippen molar-refractivity contribution in [3.63, 3.8) is 0 Å². The van der Waals surface area contributed by atoms with E-state index in [1.54, 1.807) is 29.2 Å². The first kappa shape index (κ1) is 17.9. The summed E-state index contributed by atoms with van der Waals surface area (Å²) in [7, 11) is 0. The van der Waals surface area contributed by atoms with Gasteiger partial charge in [-0.1, -0.05) is 18.2 Å². The van der Waals surface area contributed by atoms with Crippen molar-refractivity contribution in [1.82, 2.24) is 14.8 Å². The standard InChI is InChI=1S/C20H15N3O2.Li/c24-20(25)18-13-15(12-16-3-1-8-21-19(16)18)11-14-4-6-17(7-5-14)23-10-2-9-22-23;/h1-10,12-13H,11H2,(H,24,25);/q;+1/p-1. The van der Waals surface area contributed by atoms with Crippen molar-refractivity contribution < 1.29 is 28.8 Å². The molecule has 0 atom stereocenters. The number of hydrogen-bond acceptors (Lipinski definition) is 4. The molecule has 26 heavy (non-hydrogen) atoms. The molecule has 0 N–H and O–H groups in total. The van der Waals surface area contributed by atoms with Gasteiger partial charge in [0, 0.05) is 29.5 Å². The first-order chi connectivity index (χ1) is 12.2. The van der Waals surface area contributed by atoms with E-state index in [1.807, 2.05) is 48.7 Å². The maximum atomic E-state index is 11.4. The molecule has 0 fully saturated rings. The minimum absolute atomic E-state index is 0. The fourth-order valence-electron chi connectivity index (χ4n) is 2.94. The number of carbonyl (C=O) groups excluding carboxylic acids is 1. The fraction of sp³-hybridized carbons (Fsp3) is 0.0500. The van der Waals surface area contributed by atoms with Crippen LogP contribution in [0.2, 0.25) is 0 Å². The predicted molar refractivity (Wildman–Crippen MR) is 92.4 cm³/mol. The van der Waals surface area contributed by atoms with Gasteiger partial charge in [0.2, 0.25) is 0 Å². The van der Waals surface area contributed by atoms with Crippen LogP contribution >= 0.6 is 0 Å². The molecule has 6 heteroatoms. The van der Waals surface area contributed by atoms with Crippen molar-refractivity contribution >= 4 is 16.9 Å². The van der Waals surface area contributed by atoms with E-state index in [-0.39, 0.29) is 24.4 Å². The van der Waals surface area contributed by atoms with Gasteiger partial charge in [-0.15, -0.1) is 0 Å². The van der Waals surface area contributed by atoms with Gasteiger partial charge in [-0.05, 0) is 53.9 Å². The molecule has 0 aliphatic heterocycles. The molecule has 0 bridgehead atoms. The third-order valence-electron chi connectivity index (χ3n) is 4.10. The monoisotopic (exact) mass is 335 g/mol. The molecule has 4 rings (SSSR count). The first-order valence-corrected chi connectivity index (χ1v) is 7.89. The van der Waals surface area contributed by atoms with Crippen LogP contribution < -0.4 is 24.0 Å². The number of aromatic nitrogens is 3. The largest absolute Gasteiger partial charge is 1.00 e. The molecule has 0 amide bonds. The number of rotatable bonds is 4. The second-order valence-electron chi connectivity index (χ2n) is 5.80. The number of pyridine rings is 1. The topological polar surface area (TPSA) is 70.8 Å². The summed E-state index contributed by atoms with van der Waals surface area (Å²) in [4.78, 5) is 15.6. The van der Waals surface area contributed by atoms with E-state index in [1.165, 1.54) is 0 Å². The van der Waals surface area contributed by atoms with Crippen molar-refractivity contribution in [2.45, 2.75) is 6.42 Å². The molecule has 0 saturated heterocycles. The summed E-state index contributed by atoms with van der Waals surface area (Å²) in [5.41, 5.74) is 3.56. The van der Waals surface area contributed by atoms with Crippen LogP contribution in [-0.4, -0.2) is 20.7 Å². The Bertz CT molecular complexity index is 1040. The zero-order chi connectivity index (χ0) is 17.2. The smallest absolute Gasteiger partial charge is 0.545 e. The molecule has 2 aromatic carbocycles. The first-order valence-electron chi connectivity index (χ1n) is 7.89. The minimum atomic E-state index is -1.21. The van der Waals surface area contributed by atoms with Gasteiger partial charge in [-0.3, -0.25) is 4.98 Å². The summed E-state index contributed by atoms with van der Waals surface area (Å²) in [6.45, 7) is 0. The Kier molecular flexibility index (Phi) is 5.22. The molecule has 0 saturated carbocycles. The summed E-state index contributed by atoms with van der Waals surface area (Å²) in [5.74, 6) is -1.21. The van der Waals surface area contributed by atoms with Gasteiger partial charge in [0.05, 0.1) is 17.2 Å². The van der Waals surface area contributed by atoms with Gasteiger partial charge < -0.3 is 9.90 Å². The van der Waals surface area contributed by atoms with Crippen molar-refractivity contribution in [1.29, 1.82) is 0 Å².